The van der Waals surface area contributed by atoms with Crippen molar-refractivity contribution < 1.29 is 29.4 Å². The Balaban J connectivity index is 0.000000162. The van der Waals surface area contributed by atoms with Crippen LogP contribution in [0.4, 0.5) is 23.3 Å². The first-order valence-corrected chi connectivity index (χ1v) is 21.7. The largest absolute Gasteiger partial charge is 0.393 e. The van der Waals surface area contributed by atoms with Crippen LogP contribution in [0, 0.1) is 29.6 Å². The molecule has 0 radical (unpaired) electrons. The molecule has 0 aromatic carbocycles. The number of aliphatic hydroxyl groups is 2. The molecule has 17 heteroatoms. The molecule has 4 fully saturated rings. The van der Waals surface area contributed by atoms with Crippen molar-refractivity contribution >= 4 is 68.3 Å². The van der Waals surface area contributed by atoms with Crippen molar-refractivity contribution in [3.05, 3.63) is 84.7 Å². The summed E-state index contributed by atoms with van der Waals surface area (Å²) in [6.45, 7) is 4.85. The van der Waals surface area contributed by atoms with Crippen LogP contribution in [0.15, 0.2) is 73.6 Å². The zero-order valence-electron chi connectivity index (χ0n) is 35.4. The van der Waals surface area contributed by atoms with E-state index >= 15 is 0 Å². The number of fused-ring (bicyclic) bond motifs is 2. The molecule has 64 heavy (non-hydrogen) atoms. The Morgan fingerprint density at radius 3 is 1.61 bits per heavy atom. The van der Waals surface area contributed by atoms with Crippen LogP contribution in [-0.4, -0.2) is 93.8 Å². The summed E-state index contributed by atoms with van der Waals surface area (Å²) in [7, 11) is 0. The fourth-order valence-corrected chi connectivity index (χ4v) is 8.67. The third-order valence-corrected chi connectivity index (χ3v) is 12.8. The summed E-state index contributed by atoms with van der Waals surface area (Å²) in [5.74, 6) is -0.166. The van der Waals surface area contributed by atoms with E-state index in [4.69, 9.17) is 11.5 Å². The molecule has 3 saturated carbocycles. The molecular formula is C47H49N11O6. The Bertz CT molecular complexity index is 2640. The normalized spacial score (nSPS) is 22.1. The Morgan fingerprint density at radius 2 is 1.14 bits per heavy atom. The number of rotatable bonds is 11. The fraction of sp³-hybridized carbons (Fsp3) is 0.362. The number of nitrogens with one attached hydrogen (secondary N) is 2. The molecule has 6 aromatic heterocycles. The van der Waals surface area contributed by atoms with Gasteiger partial charge >= 0.3 is 0 Å². The summed E-state index contributed by atoms with van der Waals surface area (Å²) in [6, 6.07) is 11.3. The van der Waals surface area contributed by atoms with Gasteiger partial charge in [0.1, 0.15) is 29.1 Å². The van der Waals surface area contributed by atoms with Gasteiger partial charge in [0.25, 0.3) is 0 Å². The van der Waals surface area contributed by atoms with Gasteiger partial charge in [0.15, 0.2) is 0 Å². The second-order valence-electron chi connectivity index (χ2n) is 17.1. The van der Waals surface area contributed by atoms with Gasteiger partial charge in [-0.2, -0.15) is 0 Å². The maximum absolute atomic E-state index is 12.7. The summed E-state index contributed by atoms with van der Waals surface area (Å²) in [5, 5.41) is 27.5. The number of amides is 3. The number of nitrogens with zero attached hydrogens (tertiary/aromatic N) is 7. The van der Waals surface area contributed by atoms with Gasteiger partial charge in [0.05, 0.1) is 35.4 Å². The second-order valence-corrected chi connectivity index (χ2v) is 17.1. The first-order valence-electron chi connectivity index (χ1n) is 21.7. The number of pyridine rings is 6. The van der Waals surface area contributed by atoms with E-state index in [2.05, 4.69) is 54.4 Å². The number of aromatic nitrogens is 6. The van der Waals surface area contributed by atoms with Crippen LogP contribution < -0.4 is 22.1 Å². The van der Waals surface area contributed by atoms with Crippen LogP contribution in [0.3, 0.4) is 0 Å². The van der Waals surface area contributed by atoms with Gasteiger partial charge in [0.2, 0.25) is 17.7 Å². The quantitative estimate of drug-likeness (QED) is 0.106. The lowest BCUT2D eigenvalue weighted by molar-refractivity contribution is -0.143. The molecule has 6 aromatic rings. The van der Waals surface area contributed by atoms with Crippen LogP contribution >= 0.6 is 0 Å². The van der Waals surface area contributed by atoms with E-state index in [1.165, 1.54) is 0 Å². The van der Waals surface area contributed by atoms with Gasteiger partial charge in [-0.3, -0.25) is 29.1 Å². The number of ketones is 1. The Kier molecular flexibility index (Phi) is 11.4. The lowest BCUT2D eigenvalue weighted by Gasteiger charge is -2.36. The van der Waals surface area contributed by atoms with Crippen LogP contribution in [0.25, 0.3) is 44.1 Å². The predicted octanol–water partition coefficient (Wildman–Crippen LogP) is 4.37. The molecule has 4 aliphatic rings. The molecule has 1 saturated heterocycles. The molecule has 3 aliphatic carbocycles. The molecule has 2 unspecified atom stereocenters. The number of Topliss-reactive ketones (excluding diaryl/α,β-unsaturated/α-hetero) is 1. The van der Waals surface area contributed by atoms with Crippen molar-refractivity contribution in [1.29, 1.82) is 0 Å². The molecule has 7 heterocycles. The molecule has 8 N–H and O–H groups in total. The highest BCUT2D eigenvalue weighted by Crippen LogP contribution is 2.45. The molecule has 1 aliphatic heterocycles. The zero-order valence-corrected chi connectivity index (χ0v) is 35.4. The number of hydrogen-bond donors (Lipinski definition) is 6. The molecule has 3 amide bonds. The number of aryl methyl sites for hydroxylation is 2. The van der Waals surface area contributed by atoms with Gasteiger partial charge in [0, 0.05) is 89.9 Å². The molecule has 328 valence electrons. The van der Waals surface area contributed by atoms with Crippen LogP contribution in [0.2, 0.25) is 0 Å². The van der Waals surface area contributed by atoms with Crippen molar-refractivity contribution in [3.8, 4) is 22.5 Å². The molecule has 0 spiro atoms. The van der Waals surface area contributed by atoms with E-state index < -0.39 is 6.10 Å². The molecular weight excluding hydrogens is 815 g/mol. The number of nitrogen functional groups attached to an aromatic ring is 2. The van der Waals surface area contributed by atoms with Crippen molar-refractivity contribution in [2.45, 2.75) is 64.6 Å². The van der Waals surface area contributed by atoms with Gasteiger partial charge in [-0.1, -0.05) is 13.8 Å². The van der Waals surface area contributed by atoms with E-state index in [1.54, 1.807) is 54.2 Å². The van der Waals surface area contributed by atoms with E-state index in [0.29, 0.717) is 78.5 Å². The summed E-state index contributed by atoms with van der Waals surface area (Å²) in [4.78, 5) is 77.7. The maximum atomic E-state index is 12.7. The topological polar surface area (TPSA) is 265 Å². The SMILES string of the molecule is CCc1ccncc1-c1cc2cc(NC(=O)C3CC3C(=O)N3CC(O)C3)ncc2c(N)n1.CCc1ccncc1-c1cc2cc(NC(=O)[C@@H]3C[C@H]3C(=O)C3CC(O)C3)ncc2c(N)n1. The zero-order chi connectivity index (χ0) is 44.8. The highest BCUT2D eigenvalue weighted by molar-refractivity contribution is 6.03. The molecule has 17 nitrogen and oxygen atoms in total. The minimum atomic E-state index is -0.446. The Hall–Kier alpha value is -6.98. The fourth-order valence-electron chi connectivity index (χ4n) is 8.67. The van der Waals surface area contributed by atoms with Crippen molar-refractivity contribution in [2.75, 3.05) is 35.2 Å². The summed E-state index contributed by atoms with van der Waals surface area (Å²) < 4.78 is 0. The third kappa shape index (κ3) is 8.55. The highest BCUT2D eigenvalue weighted by atomic mass is 16.3. The smallest absolute Gasteiger partial charge is 0.229 e. The predicted molar refractivity (Wildman–Crippen MR) is 240 cm³/mol. The van der Waals surface area contributed by atoms with Crippen molar-refractivity contribution in [1.82, 2.24) is 34.8 Å². The molecule has 10 rings (SSSR count). The number of hydrogen-bond acceptors (Lipinski definition) is 14. The Morgan fingerprint density at radius 1 is 0.656 bits per heavy atom. The first kappa shape index (κ1) is 42.3. The average Bonchev–Trinajstić information content (AvgIpc) is 4.22. The number of likely N-dealkylation sites (tertiary alicyclic amines) is 1. The van der Waals surface area contributed by atoms with Crippen molar-refractivity contribution in [3.63, 3.8) is 0 Å². The van der Waals surface area contributed by atoms with E-state index in [0.717, 1.165) is 51.6 Å². The number of carbonyl (C=O) groups is 4. The minimum absolute atomic E-state index is 0.0615. The molecule has 4 atom stereocenters. The monoisotopic (exact) mass is 863 g/mol. The van der Waals surface area contributed by atoms with E-state index in [-0.39, 0.29) is 59.2 Å². The van der Waals surface area contributed by atoms with Crippen LogP contribution in [-0.2, 0) is 32.0 Å². The van der Waals surface area contributed by atoms with Gasteiger partial charge in [-0.05, 0) is 96.8 Å². The summed E-state index contributed by atoms with van der Waals surface area (Å²) >= 11 is 0. The van der Waals surface area contributed by atoms with Crippen LogP contribution in [0.1, 0.15) is 50.7 Å². The van der Waals surface area contributed by atoms with E-state index in [1.807, 2.05) is 24.3 Å². The van der Waals surface area contributed by atoms with Crippen molar-refractivity contribution in [2.24, 2.45) is 29.6 Å². The highest BCUT2D eigenvalue weighted by Gasteiger charge is 2.52. The van der Waals surface area contributed by atoms with E-state index in [9.17, 15) is 29.4 Å². The third-order valence-electron chi connectivity index (χ3n) is 12.8. The minimum Gasteiger partial charge on any atom is -0.393 e. The number of β-amino-alcohol motifs (C(OH)–C–C–N with tert-alkyl or cyclic N) is 1. The number of aliphatic hydroxyl groups excluding tert-OH is 2. The number of nitrogens with two attached hydrogens (primary N) is 2. The standard InChI is InChI=1S/C24H25N5O3.C23H24N6O3/c1-2-12-3-4-26-10-18(12)20-7-13-8-21(27-11-19(13)23(25)28-20)29-24(32)17-9-16(17)22(31)14-5-15(30)6-14;1-2-12-3-4-25-8-17(12)19-5-13-6-20(26-9-18(13)21(24)27-19)28-22(31)15-7-16(15)23(32)29-10-14(30)11-29/h3-4,7-8,10-11,14-17,30H,2,5-6,9H2,1H3,(H2,25,28)(H,27,29,32);3-6,8-9,14-16,30H,2,7,10-11H2,1H3,(H2,24,27)(H,26,28,31)/t14?,15?,16-,17-;/m1./s1. The second kappa shape index (κ2) is 17.3. The van der Waals surface area contributed by atoms with Gasteiger partial charge < -0.3 is 37.2 Å². The number of anilines is 4. The van der Waals surface area contributed by atoms with Gasteiger partial charge in [-0.25, -0.2) is 19.9 Å². The number of carbonyl (C=O) groups excluding carboxylic acids is 4. The summed E-state index contributed by atoms with van der Waals surface area (Å²) in [5.41, 5.74) is 17.9. The first-order chi connectivity index (χ1) is 30.9. The van der Waals surface area contributed by atoms with Gasteiger partial charge in [-0.15, -0.1) is 0 Å². The molecule has 0 bridgehead atoms. The lowest BCUT2D eigenvalue weighted by Crippen LogP contribution is -2.54. The lowest BCUT2D eigenvalue weighted by atomic mass is 9.78. The maximum Gasteiger partial charge on any atom is 0.229 e. The average molecular weight is 864 g/mol. The van der Waals surface area contributed by atoms with Crippen LogP contribution in [0.5, 0.6) is 0 Å². The Labute approximate surface area is 368 Å². The summed E-state index contributed by atoms with van der Waals surface area (Å²) in [6.07, 6.45) is 13.3.